The Hall–Kier alpha value is 0.0500. The third-order valence-corrected chi connectivity index (χ3v) is 4.17. The third-order valence-electron chi connectivity index (χ3n) is 2.51. The number of halogens is 1. The quantitative estimate of drug-likeness (QED) is 0.695. The van der Waals surface area contributed by atoms with Crippen molar-refractivity contribution in [2.24, 2.45) is 0 Å². The molecule has 78 valence electrons. The standard InChI is InChI=1S/C12H17BrS/c1-3-10(2)12-6-4-11(5-7-12)8-14-9-13/h4-7,10H,3,8-9H2,1-2H3. The van der Waals surface area contributed by atoms with E-state index in [4.69, 9.17) is 0 Å². The molecule has 0 saturated heterocycles. The van der Waals surface area contributed by atoms with Gasteiger partial charge in [0.1, 0.15) is 0 Å². The summed E-state index contributed by atoms with van der Waals surface area (Å²) >= 11 is 5.32. The number of rotatable bonds is 5. The molecule has 1 aromatic carbocycles. The lowest BCUT2D eigenvalue weighted by atomic mass is 9.98. The van der Waals surface area contributed by atoms with Gasteiger partial charge in [-0.25, -0.2) is 0 Å². The minimum Gasteiger partial charge on any atom is -0.146 e. The fraction of sp³-hybridized carbons (Fsp3) is 0.500. The molecule has 1 rings (SSSR count). The second kappa shape index (κ2) is 6.52. The average molecular weight is 273 g/mol. The van der Waals surface area contributed by atoms with Crippen molar-refractivity contribution >= 4 is 27.7 Å². The molecule has 0 bridgehead atoms. The van der Waals surface area contributed by atoms with Crippen molar-refractivity contribution in [3.05, 3.63) is 35.4 Å². The Balaban J connectivity index is 2.59. The Labute approximate surface area is 99.6 Å². The Morgan fingerprint density at radius 1 is 1.29 bits per heavy atom. The van der Waals surface area contributed by atoms with Gasteiger partial charge in [-0.15, -0.1) is 11.8 Å². The lowest BCUT2D eigenvalue weighted by Crippen LogP contribution is -1.91. The molecule has 0 aliphatic carbocycles. The van der Waals surface area contributed by atoms with Crippen molar-refractivity contribution in [1.82, 2.24) is 0 Å². The summed E-state index contributed by atoms with van der Waals surface area (Å²) in [6, 6.07) is 9.02. The zero-order valence-corrected chi connectivity index (χ0v) is 11.2. The van der Waals surface area contributed by atoms with Crippen LogP contribution in [-0.2, 0) is 5.75 Å². The van der Waals surface area contributed by atoms with Gasteiger partial charge in [0.25, 0.3) is 0 Å². The normalized spacial score (nSPS) is 12.8. The van der Waals surface area contributed by atoms with Crippen molar-refractivity contribution in [1.29, 1.82) is 0 Å². The van der Waals surface area contributed by atoms with Gasteiger partial charge in [-0.1, -0.05) is 54.0 Å². The molecule has 0 aromatic heterocycles. The van der Waals surface area contributed by atoms with E-state index >= 15 is 0 Å². The van der Waals surface area contributed by atoms with Crippen LogP contribution in [0.3, 0.4) is 0 Å². The highest BCUT2D eigenvalue weighted by Gasteiger charge is 2.01. The van der Waals surface area contributed by atoms with Crippen LogP contribution in [0.5, 0.6) is 0 Å². The summed E-state index contributed by atoms with van der Waals surface area (Å²) in [5, 5.41) is 0. The van der Waals surface area contributed by atoms with Gasteiger partial charge >= 0.3 is 0 Å². The first kappa shape index (κ1) is 12.1. The van der Waals surface area contributed by atoms with E-state index in [1.54, 1.807) is 0 Å². The minimum absolute atomic E-state index is 0.688. The van der Waals surface area contributed by atoms with Crippen molar-refractivity contribution in [2.75, 3.05) is 4.66 Å². The Bertz CT molecular complexity index is 256. The second-order valence-electron chi connectivity index (χ2n) is 3.51. The lowest BCUT2D eigenvalue weighted by Gasteiger charge is -2.09. The van der Waals surface area contributed by atoms with Crippen LogP contribution in [0, 0.1) is 0 Å². The van der Waals surface area contributed by atoms with Gasteiger partial charge in [0, 0.05) is 10.4 Å². The first-order valence-electron chi connectivity index (χ1n) is 5.00. The predicted molar refractivity (Wildman–Crippen MR) is 70.2 cm³/mol. The molecular formula is C12H17BrS. The first-order valence-corrected chi connectivity index (χ1v) is 7.28. The van der Waals surface area contributed by atoms with Gasteiger partial charge in [0.2, 0.25) is 0 Å². The van der Waals surface area contributed by atoms with Gasteiger partial charge in [-0.05, 0) is 23.5 Å². The zero-order chi connectivity index (χ0) is 10.4. The lowest BCUT2D eigenvalue weighted by molar-refractivity contribution is 0.733. The molecular weight excluding hydrogens is 256 g/mol. The molecule has 1 unspecified atom stereocenters. The van der Waals surface area contributed by atoms with E-state index in [0.717, 1.165) is 10.4 Å². The summed E-state index contributed by atoms with van der Waals surface area (Å²) in [6.07, 6.45) is 1.22. The summed E-state index contributed by atoms with van der Waals surface area (Å²) in [7, 11) is 0. The summed E-state index contributed by atoms with van der Waals surface area (Å²) in [5.74, 6) is 1.79. The zero-order valence-electron chi connectivity index (χ0n) is 8.79. The summed E-state index contributed by atoms with van der Waals surface area (Å²) in [5.41, 5.74) is 2.88. The SMILES string of the molecule is CCC(C)c1ccc(CSCBr)cc1. The van der Waals surface area contributed by atoms with E-state index in [-0.39, 0.29) is 0 Å². The van der Waals surface area contributed by atoms with Gasteiger partial charge in [0.15, 0.2) is 0 Å². The van der Waals surface area contributed by atoms with Crippen LogP contribution in [0.2, 0.25) is 0 Å². The molecule has 1 atom stereocenters. The molecule has 0 aliphatic rings. The van der Waals surface area contributed by atoms with Gasteiger partial charge in [-0.2, -0.15) is 0 Å². The molecule has 2 heteroatoms. The maximum absolute atomic E-state index is 3.42. The van der Waals surface area contributed by atoms with Crippen LogP contribution >= 0.6 is 27.7 Å². The van der Waals surface area contributed by atoms with Gasteiger partial charge < -0.3 is 0 Å². The second-order valence-corrected chi connectivity index (χ2v) is 5.80. The van der Waals surface area contributed by atoms with E-state index in [1.807, 2.05) is 11.8 Å². The molecule has 1 aromatic rings. The smallest absolute Gasteiger partial charge is 0.0493 e. The molecule has 0 N–H and O–H groups in total. The van der Waals surface area contributed by atoms with E-state index in [9.17, 15) is 0 Å². The molecule has 0 aliphatic heterocycles. The van der Waals surface area contributed by atoms with E-state index in [1.165, 1.54) is 17.5 Å². The molecule has 0 fully saturated rings. The van der Waals surface area contributed by atoms with Crippen LogP contribution in [0.4, 0.5) is 0 Å². The summed E-state index contributed by atoms with van der Waals surface area (Å²) in [4.78, 5) is 0. The van der Waals surface area contributed by atoms with Crippen molar-refractivity contribution in [3.8, 4) is 0 Å². The number of hydrogen-bond donors (Lipinski definition) is 0. The molecule has 0 spiro atoms. The monoisotopic (exact) mass is 272 g/mol. The largest absolute Gasteiger partial charge is 0.146 e. The van der Waals surface area contributed by atoms with Crippen LogP contribution in [0.1, 0.15) is 37.3 Å². The Morgan fingerprint density at radius 3 is 2.43 bits per heavy atom. The van der Waals surface area contributed by atoms with E-state index in [0.29, 0.717) is 5.92 Å². The fourth-order valence-corrected chi connectivity index (χ4v) is 2.33. The maximum atomic E-state index is 3.42. The van der Waals surface area contributed by atoms with Crippen LogP contribution in [0.15, 0.2) is 24.3 Å². The Morgan fingerprint density at radius 2 is 1.93 bits per heavy atom. The number of hydrogen-bond acceptors (Lipinski definition) is 1. The number of thioether (sulfide) groups is 1. The number of alkyl halides is 1. The minimum atomic E-state index is 0.688. The van der Waals surface area contributed by atoms with E-state index in [2.05, 4.69) is 54.0 Å². The fourth-order valence-electron chi connectivity index (χ4n) is 1.33. The molecule has 14 heavy (non-hydrogen) atoms. The topological polar surface area (TPSA) is 0 Å². The summed E-state index contributed by atoms with van der Waals surface area (Å²) in [6.45, 7) is 4.52. The third kappa shape index (κ3) is 3.66. The predicted octanol–water partition coefficient (Wildman–Crippen LogP) is 4.79. The van der Waals surface area contributed by atoms with Crippen molar-refractivity contribution in [2.45, 2.75) is 31.9 Å². The van der Waals surface area contributed by atoms with Crippen LogP contribution in [-0.4, -0.2) is 4.66 Å². The Kier molecular flexibility index (Phi) is 5.64. The van der Waals surface area contributed by atoms with Crippen molar-refractivity contribution in [3.63, 3.8) is 0 Å². The molecule has 0 amide bonds. The molecule has 0 nitrogen and oxygen atoms in total. The molecule has 0 saturated carbocycles. The first-order chi connectivity index (χ1) is 6.77. The van der Waals surface area contributed by atoms with Crippen LogP contribution in [0.25, 0.3) is 0 Å². The highest BCUT2D eigenvalue weighted by molar-refractivity contribution is 9.11. The maximum Gasteiger partial charge on any atom is 0.0493 e. The highest BCUT2D eigenvalue weighted by Crippen LogP contribution is 2.20. The molecule has 0 radical (unpaired) electrons. The molecule has 0 heterocycles. The van der Waals surface area contributed by atoms with Crippen molar-refractivity contribution < 1.29 is 0 Å². The number of benzene rings is 1. The highest BCUT2D eigenvalue weighted by atomic mass is 79.9. The average Bonchev–Trinajstić information content (AvgIpc) is 2.26. The van der Waals surface area contributed by atoms with Gasteiger partial charge in [0.05, 0.1) is 0 Å². The van der Waals surface area contributed by atoms with Gasteiger partial charge in [-0.3, -0.25) is 0 Å². The van der Waals surface area contributed by atoms with E-state index < -0.39 is 0 Å². The summed E-state index contributed by atoms with van der Waals surface area (Å²) < 4.78 is 1.01. The van der Waals surface area contributed by atoms with Crippen LogP contribution < -0.4 is 0 Å².